The first-order valence-electron chi connectivity index (χ1n) is 11.9. The fraction of sp³-hybridized carbons (Fsp3) is 0.667. The maximum atomic E-state index is 13.1. The second-order valence-electron chi connectivity index (χ2n) is 8.86. The lowest BCUT2D eigenvalue weighted by Gasteiger charge is -2.31. The monoisotopic (exact) mass is 446 g/mol. The Morgan fingerprint density at radius 3 is 2.44 bits per heavy atom. The molecule has 1 saturated heterocycles. The van der Waals surface area contributed by atoms with E-state index in [1.54, 1.807) is 12.0 Å². The van der Waals surface area contributed by atoms with Crippen LogP contribution >= 0.6 is 0 Å². The summed E-state index contributed by atoms with van der Waals surface area (Å²) in [5, 5.41) is 9.43. The average molecular weight is 447 g/mol. The highest BCUT2D eigenvalue weighted by Gasteiger charge is 2.28. The summed E-state index contributed by atoms with van der Waals surface area (Å²) < 4.78 is 10.5. The molecule has 32 heavy (non-hydrogen) atoms. The fourth-order valence-corrected chi connectivity index (χ4v) is 4.37. The molecule has 1 aromatic carbocycles. The number of ether oxygens (including phenoxy) is 2. The topological polar surface area (TPSA) is 91.9 Å². The number of anilines is 1. The summed E-state index contributed by atoms with van der Waals surface area (Å²) in [7, 11) is 1.64. The Kier molecular flexibility index (Phi) is 9.46. The summed E-state index contributed by atoms with van der Waals surface area (Å²) >= 11 is 0. The summed E-state index contributed by atoms with van der Waals surface area (Å²) in [6, 6.07) is 6.91. The summed E-state index contributed by atoms with van der Waals surface area (Å²) in [6.45, 7) is 4.76. The molecule has 3 amide bonds. The number of amides is 3. The van der Waals surface area contributed by atoms with E-state index in [2.05, 4.69) is 16.0 Å². The zero-order chi connectivity index (χ0) is 22.8. The molecule has 8 heteroatoms. The predicted octanol–water partition coefficient (Wildman–Crippen LogP) is 2.99. The lowest BCUT2D eigenvalue weighted by molar-refractivity contribution is -0.124. The van der Waals surface area contributed by atoms with Gasteiger partial charge < -0.3 is 30.3 Å². The molecule has 0 bridgehead atoms. The highest BCUT2D eigenvalue weighted by Crippen LogP contribution is 2.27. The Morgan fingerprint density at radius 2 is 1.78 bits per heavy atom. The molecule has 0 radical (unpaired) electrons. The zero-order valence-electron chi connectivity index (χ0n) is 19.4. The molecule has 178 valence electrons. The van der Waals surface area contributed by atoms with Gasteiger partial charge in [-0.15, -0.1) is 0 Å². The van der Waals surface area contributed by atoms with Gasteiger partial charge in [-0.2, -0.15) is 0 Å². The van der Waals surface area contributed by atoms with Gasteiger partial charge in [0.05, 0.1) is 20.3 Å². The largest absolute Gasteiger partial charge is 0.497 e. The quantitative estimate of drug-likeness (QED) is 0.542. The molecule has 1 heterocycles. The van der Waals surface area contributed by atoms with Gasteiger partial charge in [0.25, 0.3) is 0 Å². The lowest BCUT2D eigenvalue weighted by atomic mass is 9.84. The van der Waals surface area contributed by atoms with Crippen LogP contribution < -0.4 is 20.7 Å². The molecule has 3 rings (SSSR count). The summed E-state index contributed by atoms with van der Waals surface area (Å²) in [4.78, 5) is 27.6. The normalized spacial score (nSPS) is 19.0. The molecule has 0 spiro atoms. The first-order valence-corrected chi connectivity index (χ1v) is 11.9. The predicted molar refractivity (Wildman–Crippen MR) is 125 cm³/mol. The van der Waals surface area contributed by atoms with Crippen molar-refractivity contribution in [2.24, 2.45) is 5.92 Å². The number of morpholine rings is 1. The Morgan fingerprint density at radius 1 is 1.09 bits per heavy atom. The van der Waals surface area contributed by atoms with E-state index in [4.69, 9.17) is 9.47 Å². The zero-order valence-corrected chi connectivity index (χ0v) is 19.4. The molecule has 0 aromatic heterocycles. The number of carbonyl (C=O) groups is 2. The van der Waals surface area contributed by atoms with Gasteiger partial charge in [0.15, 0.2) is 0 Å². The SMILES string of the molecule is COc1ccc(NC[C@H](C)NC(=O)[C@H](CC2CCCCC2)NC(=O)N2CCOCC2)cc1. The van der Waals surface area contributed by atoms with Gasteiger partial charge in [0.1, 0.15) is 11.8 Å². The molecule has 1 aliphatic heterocycles. The third kappa shape index (κ3) is 7.58. The molecule has 8 nitrogen and oxygen atoms in total. The fourth-order valence-electron chi connectivity index (χ4n) is 4.37. The number of benzene rings is 1. The van der Waals surface area contributed by atoms with Gasteiger partial charge in [-0.05, 0) is 43.5 Å². The van der Waals surface area contributed by atoms with Gasteiger partial charge in [-0.25, -0.2) is 4.79 Å². The van der Waals surface area contributed by atoms with Gasteiger partial charge in [0, 0.05) is 31.4 Å². The molecule has 0 unspecified atom stereocenters. The third-order valence-corrected chi connectivity index (χ3v) is 6.30. The number of carbonyl (C=O) groups excluding carboxylic acids is 2. The minimum absolute atomic E-state index is 0.0845. The van der Waals surface area contributed by atoms with Crippen molar-refractivity contribution < 1.29 is 19.1 Å². The summed E-state index contributed by atoms with van der Waals surface area (Å²) in [5.41, 5.74) is 0.964. The van der Waals surface area contributed by atoms with Crippen LogP contribution in [0.15, 0.2) is 24.3 Å². The Hall–Kier alpha value is -2.48. The van der Waals surface area contributed by atoms with E-state index in [0.29, 0.717) is 45.2 Å². The van der Waals surface area contributed by atoms with Crippen LogP contribution in [0, 0.1) is 5.92 Å². The second kappa shape index (κ2) is 12.5. The first kappa shape index (κ1) is 24.2. The van der Waals surface area contributed by atoms with E-state index < -0.39 is 6.04 Å². The highest BCUT2D eigenvalue weighted by atomic mass is 16.5. The van der Waals surface area contributed by atoms with Crippen LogP contribution in [-0.4, -0.2) is 68.9 Å². The molecule has 2 aliphatic rings. The minimum atomic E-state index is -0.517. The number of hydrogen-bond acceptors (Lipinski definition) is 5. The van der Waals surface area contributed by atoms with Crippen LogP contribution in [0.3, 0.4) is 0 Å². The molecule has 1 aliphatic carbocycles. The van der Waals surface area contributed by atoms with E-state index in [1.165, 1.54) is 19.3 Å². The second-order valence-corrected chi connectivity index (χ2v) is 8.86. The Bertz CT molecular complexity index is 715. The lowest BCUT2D eigenvalue weighted by Crippen LogP contribution is -2.55. The first-order chi connectivity index (χ1) is 15.5. The van der Waals surface area contributed by atoms with Gasteiger partial charge in [-0.1, -0.05) is 32.1 Å². The number of hydrogen-bond donors (Lipinski definition) is 3. The van der Waals surface area contributed by atoms with Crippen LogP contribution in [0.1, 0.15) is 45.4 Å². The average Bonchev–Trinajstić information content (AvgIpc) is 2.83. The number of nitrogens with zero attached hydrogens (tertiary/aromatic N) is 1. The van der Waals surface area contributed by atoms with E-state index in [0.717, 1.165) is 24.3 Å². The smallest absolute Gasteiger partial charge is 0.318 e. The van der Waals surface area contributed by atoms with Crippen LogP contribution in [0.4, 0.5) is 10.5 Å². The Labute approximate surface area is 191 Å². The van der Waals surface area contributed by atoms with Gasteiger partial charge >= 0.3 is 6.03 Å². The molecular formula is C24H38N4O4. The van der Waals surface area contributed by atoms with Crippen molar-refractivity contribution in [1.29, 1.82) is 0 Å². The highest BCUT2D eigenvalue weighted by molar-refractivity contribution is 5.87. The summed E-state index contributed by atoms with van der Waals surface area (Å²) in [6.07, 6.45) is 6.64. The van der Waals surface area contributed by atoms with E-state index in [-0.39, 0.29) is 18.0 Å². The number of rotatable bonds is 9. The van der Waals surface area contributed by atoms with Crippen LogP contribution in [0.2, 0.25) is 0 Å². The number of methoxy groups -OCH3 is 1. The molecule has 2 atom stereocenters. The number of nitrogens with one attached hydrogen (secondary N) is 3. The number of urea groups is 1. The Balaban J connectivity index is 1.53. The van der Waals surface area contributed by atoms with Crippen molar-refractivity contribution in [3.05, 3.63) is 24.3 Å². The van der Waals surface area contributed by atoms with Crippen molar-refractivity contribution in [1.82, 2.24) is 15.5 Å². The van der Waals surface area contributed by atoms with E-state index >= 15 is 0 Å². The van der Waals surface area contributed by atoms with Crippen molar-refractivity contribution in [2.75, 3.05) is 45.3 Å². The van der Waals surface area contributed by atoms with Crippen molar-refractivity contribution in [3.8, 4) is 5.75 Å². The van der Waals surface area contributed by atoms with Crippen molar-refractivity contribution in [2.45, 2.75) is 57.5 Å². The van der Waals surface area contributed by atoms with Gasteiger partial charge in [0.2, 0.25) is 5.91 Å². The van der Waals surface area contributed by atoms with Crippen molar-refractivity contribution >= 4 is 17.6 Å². The minimum Gasteiger partial charge on any atom is -0.497 e. The maximum Gasteiger partial charge on any atom is 0.318 e. The van der Waals surface area contributed by atoms with Crippen LogP contribution in [0.5, 0.6) is 5.75 Å². The van der Waals surface area contributed by atoms with E-state index in [1.807, 2.05) is 31.2 Å². The van der Waals surface area contributed by atoms with Crippen molar-refractivity contribution in [3.63, 3.8) is 0 Å². The molecule has 2 fully saturated rings. The van der Waals surface area contributed by atoms with Crippen LogP contribution in [0.25, 0.3) is 0 Å². The standard InChI is InChI=1S/C24H38N4O4/c1-18(17-25-20-8-10-21(31-2)11-9-20)26-23(29)22(16-19-6-4-3-5-7-19)27-24(30)28-12-14-32-15-13-28/h8-11,18-19,22,25H,3-7,12-17H2,1-2H3,(H,26,29)(H,27,30)/t18-,22-/m0/s1. The molecule has 3 N–H and O–H groups in total. The molecule has 1 aromatic rings. The third-order valence-electron chi connectivity index (χ3n) is 6.30. The maximum absolute atomic E-state index is 13.1. The van der Waals surface area contributed by atoms with E-state index in [9.17, 15) is 9.59 Å². The van der Waals surface area contributed by atoms with Gasteiger partial charge in [-0.3, -0.25) is 4.79 Å². The summed E-state index contributed by atoms with van der Waals surface area (Å²) in [5.74, 6) is 1.18. The molecule has 1 saturated carbocycles. The van der Waals surface area contributed by atoms with Crippen LogP contribution in [-0.2, 0) is 9.53 Å². The molecular weight excluding hydrogens is 408 g/mol.